The maximum atomic E-state index is 5.49. The Bertz CT molecular complexity index is 1480. The smallest absolute Gasteiger partial charge is 0.129 e. The number of benzene rings is 2. The normalized spacial score (nSPS) is 20.6. The monoisotopic (exact) mass is 519 g/mol. The van der Waals surface area contributed by atoms with Crippen LogP contribution >= 0.6 is 0 Å². The molecule has 4 aromatic rings. The molecule has 1 fully saturated rings. The molecule has 198 valence electrons. The van der Waals surface area contributed by atoms with E-state index in [-0.39, 0.29) is 0 Å². The van der Waals surface area contributed by atoms with Crippen LogP contribution in [0.4, 0.5) is 0 Å². The second-order valence-electron chi connectivity index (χ2n) is 10.2. The van der Waals surface area contributed by atoms with Gasteiger partial charge in [-0.25, -0.2) is 0 Å². The van der Waals surface area contributed by atoms with Gasteiger partial charge in [0, 0.05) is 61.6 Å². The summed E-state index contributed by atoms with van der Waals surface area (Å²) in [4.78, 5) is 17.7. The maximum Gasteiger partial charge on any atom is 0.129 e. The number of pyridine rings is 1. The van der Waals surface area contributed by atoms with Crippen LogP contribution in [0.5, 0.6) is 11.5 Å². The minimum absolute atomic E-state index is 0.695. The summed E-state index contributed by atoms with van der Waals surface area (Å²) in [6, 6.07) is 14.3. The van der Waals surface area contributed by atoms with Gasteiger partial charge in [0.05, 0.1) is 31.0 Å². The van der Waals surface area contributed by atoms with E-state index in [0.717, 1.165) is 71.8 Å². The molecule has 2 aromatic heterocycles. The summed E-state index contributed by atoms with van der Waals surface area (Å²) >= 11 is 0. The lowest BCUT2D eigenvalue weighted by molar-refractivity contribution is 0.393. The molecule has 7 heteroatoms. The van der Waals surface area contributed by atoms with Crippen molar-refractivity contribution in [3.63, 3.8) is 0 Å². The van der Waals surface area contributed by atoms with Gasteiger partial charge in [0.25, 0.3) is 0 Å². The van der Waals surface area contributed by atoms with Gasteiger partial charge in [-0.3, -0.25) is 19.9 Å². The van der Waals surface area contributed by atoms with Crippen molar-refractivity contribution in [3.05, 3.63) is 95.1 Å². The van der Waals surface area contributed by atoms with E-state index >= 15 is 0 Å². The highest BCUT2D eigenvalue weighted by molar-refractivity contribution is 6.15. The summed E-state index contributed by atoms with van der Waals surface area (Å²) in [6.45, 7) is 3.10. The minimum Gasteiger partial charge on any atom is -0.497 e. The number of aliphatic imine (C=N–C) groups is 1. The number of rotatable bonds is 4. The van der Waals surface area contributed by atoms with Crippen LogP contribution in [0.15, 0.2) is 77.8 Å². The third-order valence-corrected chi connectivity index (χ3v) is 7.79. The third-order valence-electron chi connectivity index (χ3n) is 7.79. The van der Waals surface area contributed by atoms with Crippen LogP contribution in [0, 0.1) is 0 Å². The van der Waals surface area contributed by atoms with Crippen molar-refractivity contribution in [2.45, 2.75) is 31.1 Å². The van der Waals surface area contributed by atoms with Crippen molar-refractivity contribution in [3.8, 4) is 11.5 Å². The van der Waals surface area contributed by atoms with E-state index in [4.69, 9.17) is 14.5 Å². The molecule has 2 bridgehead atoms. The summed E-state index contributed by atoms with van der Waals surface area (Å²) in [5.41, 5.74) is 9.41. The van der Waals surface area contributed by atoms with Crippen molar-refractivity contribution in [1.29, 1.82) is 0 Å². The lowest BCUT2D eigenvalue weighted by atomic mass is 9.94. The zero-order valence-electron chi connectivity index (χ0n) is 22.4. The van der Waals surface area contributed by atoms with Crippen molar-refractivity contribution >= 4 is 22.8 Å². The number of fused-ring (bicyclic) bond motifs is 6. The van der Waals surface area contributed by atoms with Gasteiger partial charge < -0.3 is 14.8 Å². The Morgan fingerprint density at radius 1 is 0.897 bits per heavy atom. The van der Waals surface area contributed by atoms with Crippen LogP contribution in [-0.2, 0) is 0 Å². The Balaban J connectivity index is 0.000000150. The van der Waals surface area contributed by atoms with Crippen molar-refractivity contribution < 1.29 is 9.47 Å². The molecule has 0 spiro atoms. The SMILES string of the molecule is COc1ccc(/C=C2\CCCN=C2c2cccnc2)c(OC)c1.c1cnc2cc3c(cc2n1)[C@@H]1CNC[C@H]3C1. The molecule has 0 unspecified atom stereocenters. The van der Waals surface area contributed by atoms with Gasteiger partial charge in [-0.2, -0.15) is 0 Å². The van der Waals surface area contributed by atoms with E-state index in [2.05, 4.69) is 44.5 Å². The quantitative estimate of drug-likeness (QED) is 0.380. The predicted octanol–water partition coefficient (Wildman–Crippen LogP) is 5.57. The van der Waals surface area contributed by atoms with E-state index in [0.29, 0.717) is 11.8 Å². The fourth-order valence-corrected chi connectivity index (χ4v) is 5.89. The number of hydrogen-bond acceptors (Lipinski definition) is 7. The highest BCUT2D eigenvalue weighted by Gasteiger charge is 2.34. The van der Waals surface area contributed by atoms with Gasteiger partial charge >= 0.3 is 0 Å². The summed E-state index contributed by atoms with van der Waals surface area (Å²) in [5.74, 6) is 2.97. The van der Waals surface area contributed by atoms with Gasteiger partial charge in [-0.05, 0) is 90.3 Å². The Morgan fingerprint density at radius 2 is 1.67 bits per heavy atom. The van der Waals surface area contributed by atoms with Crippen LogP contribution < -0.4 is 14.8 Å². The molecule has 3 aliphatic rings. The summed E-state index contributed by atoms with van der Waals surface area (Å²) in [7, 11) is 3.33. The lowest BCUT2D eigenvalue weighted by Gasteiger charge is -2.19. The summed E-state index contributed by atoms with van der Waals surface area (Å²) in [6.07, 6.45) is 12.7. The molecule has 7 nitrogen and oxygen atoms in total. The van der Waals surface area contributed by atoms with Gasteiger partial charge in [0.15, 0.2) is 0 Å². The van der Waals surface area contributed by atoms with Crippen LogP contribution in [-0.4, -0.2) is 54.5 Å². The fourth-order valence-electron chi connectivity index (χ4n) is 5.89. The standard InChI is InChI=1S/C19H20N2O2.C13H13N3/c1-22-17-8-7-14(18(12-17)23-2)11-15-5-4-10-21-19(15)16-6-3-9-20-13-16;1-2-16-13-5-11-9-3-8(6-14-7-9)10(11)4-12(13)15-1/h3,6-9,11-13H,4-5,10H2,1-2H3;1-2,4-5,8-9,14H,3,6-7H2/b15-11+;/t;8-,9+. The van der Waals surface area contributed by atoms with Crippen LogP contribution in [0.2, 0.25) is 0 Å². The Kier molecular flexibility index (Phi) is 7.32. The van der Waals surface area contributed by atoms with Crippen LogP contribution in [0.3, 0.4) is 0 Å². The van der Waals surface area contributed by atoms with E-state index in [1.54, 1.807) is 32.8 Å². The van der Waals surface area contributed by atoms with E-state index < -0.39 is 0 Å². The van der Waals surface area contributed by atoms with E-state index in [1.807, 2.05) is 30.5 Å². The number of aromatic nitrogens is 3. The number of piperidine rings is 1. The minimum atomic E-state index is 0.695. The van der Waals surface area contributed by atoms with Crippen LogP contribution in [0.1, 0.15) is 53.4 Å². The van der Waals surface area contributed by atoms with Gasteiger partial charge in [-0.15, -0.1) is 0 Å². The average molecular weight is 520 g/mol. The second-order valence-corrected chi connectivity index (χ2v) is 10.2. The van der Waals surface area contributed by atoms with E-state index in [9.17, 15) is 0 Å². The molecule has 7 rings (SSSR count). The molecule has 4 heterocycles. The number of ether oxygens (including phenoxy) is 2. The second kappa shape index (κ2) is 11.3. The fraction of sp³-hybridized carbons (Fsp3) is 0.312. The lowest BCUT2D eigenvalue weighted by Crippen LogP contribution is -2.28. The molecular weight excluding hydrogens is 486 g/mol. The number of nitrogens with one attached hydrogen (secondary N) is 1. The molecule has 1 N–H and O–H groups in total. The Morgan fingerprint density at radius 3 is 2.33 bits per heavy atom. The Labute approximate surface area is 229 Å². The first-order chi connectivity index (χ1) is 19.2. The Hall–Kier alpha value is -4.10. The van der Waals surface area contributed by atoms with Crippen molar-refractivity contribution in [2.75, 3.05) is 33.9 Å². The molecule has 2 atom stereocenters. The zero-order chi connectivity index (χ0) is 26.6. The van der Waals surface area contributed by atoms with Gasteiger partial charge in [-0.1, -0.05) is 0 Å². The molecular formula is C32H33N5O2. The van der Waals surface area contributed by atoms with Crippen molar-refractivity contribution in [2.24, 2.45) is 4.99 Å². The maximum absolute atomic E-state index is 5.49. The average Bonchev–Trinajstić information content (AvgIpc) is 3.24. The van der Waals surface area contributed by atoms with E-state index in [1.165, 1.54) is 23.1 Å². The number of methoxy groups -OCH3 is 2. The van der Waals surface area contributed by atoms with Crippen LogP contribution in [0.25, 0.3) is 17.1 Å². The molecule has 39 heavy (non-hydrogen) atoms. The summed E-state index contributed by atoms with van der Waals surface area (Å²) < 4.78 is 10.8. The number of hydrogen-bond donors (Lipinski definition) is 1. The molecule has 2 aromatic carbocycles. The number of allylic oxidation sites excluding steroid dienone is 1. The number of nitrogens with zero attached hydrogens (tertiary/aromatic N) is 4. The largest absolute Gasteiger partial charge is 0.497 e. The topological polar surface area (TPSA) is 81.5 Å². The third kappa shape index (κ3) is 5.27. The molecule has 1 saturated heterocycles. The van der Waals surface area contributed by atoms with Gasteiger partial charge in [0.1, 0.15) is 11.5 Å². The van der Waals surface area contributed by atoms with Gasteiger partial charge in [0.2, 0.25) is 0 Å². The molecule has 1 aliphatic carbocycles. The molecule has 0 amide bonds. The molecule has 0 saturated carbocycles. The molecule has 0 radical (unpaired) electrons. The highest BCUT2D eigenvalue weighted by Crippen LogP contribution is 2.44. The zero-order valence-corrected chi connectivity index (χ0v) is 22.4. The predicted molar refractivity (Wildman–Crippen MR) is 155 cm³/mol. The summed E-state index contributed by atoms with van der Waals surface area (Å²) in [5, 5.41) is 3.51. The first-order valence-corrected chi connectivity index (χ1v) is 13.6. The first kappa shape index (κ1) is 25.2. The molecule has 2 aliphatic heterocycles. The first-order valence-electron chi connectivity index (χ1n) is 13.6. The highest BCUT2D eigenvalue weighted by atomic mass is 16.5. The van der Waals surface area contributed by atoms with Crippen molar-refractivity contribution in [1.82, 2.24) is 20.3 Å².